The van der Waals surface area contributed by atoms with Gasteiger partial charge in [0.25, 0.3) is 0 Å². The molecule has 0 saturated carbocycles. The molecule has 0 radical (unpaired) electrons. The number of aromatic nitrogens is 2. The Morgan fingerprint density at radius 2 is 2.00 bits per heavy atom. The van der Waals surface area contributed by atoms with Crippen molar-refractivity contribution in [1.29, 1.82) is 0 Å². The average molecular weight is 388 g/mol. The van der Waals surface area contributed by atoms with Crippen molar-refractivity contribution in [2.24, 2.45) is 5.92 Å². The minimum Gasteiger partial charge on any atom is -0.358 e. The first-order valence-corrected chi connectivity index (χ1v) is 11.0. The number of nitrogens with zero attached hydrogens (tertiary/aromatic N) is 1. The second-order valence-electron chi connectivity index (χ2n) is 7.83. The Balaban J connectivity index is 1.65. The first kappa shape index (κ1) is 17.7. The highest BCUT2D eigenvalue weighted by atomic mass is 32.1. The van der Waals surface area contributed by atoms with E-state index in [0.29, 0.717) is 11.8 Å². The summed E-state index contributed by atoms with van der Waals surface area (Å²) in [5.74, 6) is 1.13. The fourth-order valence-electron chi connectivity index (χ4n) is 4.52. The van der Waals surface area contributed by atoms with Crippen molar-refractivity contribution in [2.75, 3.05) is 13.1 Å². The second-order valence-corrected chi connectivity index (χ2v) is 8.61. The van der Waals surface area contributed by atoms with Gasteiger partial charge in [0.15, 0.2) is 0 Å². The average Bonchev–Trinajstić information content (AvgIpc) is 3.42. The number of para-hydroxylation sites is 1. The zero-order valence-corrected chi connectivity index (χ0v) is 16.9. The zero-order valence-electron chi connectivity index (χ0n) is 16.1. The molecule has 1 aliphatic heterocycles. The van der Waals surface area contributed by atoms with Crippen molar-refractivity contribution in [3.8, 4) is 22.3 Å². The predicted octanol–water partition coefficient (Wildman–Crippen LogP) is 6.06. The molecule has 1 aliphatic rings. The van der Waals surface area contributed by atoms with Crippen LogP contribution in [0.4, 0.5) is 0 Å². The lowest BCUT2D eigenvalue weighted by Crippen LogP contribution is -2.32. The van der Waals surface area contributed by atoms with Crippen LogP contribution < -0.4 is 5.32 Å². The van der Waals surface area contributed by atoms with Crippen LogP contribution in [0.2, 0.25) is 0 Å². The summed E-state index contributed by atoms with van der Waals surface area (Å²) in [6, 6.07) is 13.1. The maximum absolute atomic E-state index is 4.59. The highest BCUT2D eigenvalue weighted by Crippen LogP contribution is 2.40. The molecule has 5 rings (SSSR count). The Morgan fingerprint density at radius 3 is 2.82 bits per heavy atom. The van der Waals surface area contributed by atoms with Gasteiger partial charge in [0.05, 0.1) is 0 Å². The van der Waals surface area contributed by atoms with E-state index in [9.17, 15) is 0 Å². The number of piperidine rings is 1. The van der Waals surface area contributed by atoms with Crippen LogP contribution in [0.15, 0.2) is 59.6 Å². The van der Waals surface area contributed by atoms with Crippen LogP contribution in [-0.4, -0.2) is 23.1 Å². The molecule has 2 N–H and O–H groups in total. The molecule has 2 atom stereocenters. The Hall–Kier alpha value is -2.43. The van der Waals surface area contributed by atoms with Gasteiger partial charge in [-0.25, -0.2) is 0 Å². The molecule has 4 heteroatoms. The summed E-state index contributed by atoms with van der Waals surface area (Å²) in [6.07, 6.45) is 6.53. The van der Waals surface area contributed by atoms with E-state index in [-0.39, 0.29) is 0 Å². The zero-order chi connectivity index (χ0) is 18.9. The summed E-state index contributed by atoms with van der Waals surface area (Å²) in [5.41, 5.74) is 7.50. The number of thiophene rings is 1. The number of hydrogen-bond acceptors (Lipinski definition) is 3. The van der Waals surface area contributed by atoms with Gasteiger partial charge < -0.3 is 10.3 Å². The predicted molar refractivity (Wildman–Crippen MR) is 119 cm³/mol. The third-order valence-electron chi connectivity index (χ3n) is 6.11. The number of fused-ring (bicyclic) bond motifs is 1. The SMILES string of the molecule is CC(c1[nH]c2ccccc2c1-c1cncc(-c2ccsc2)c1)C1CCCNC1. The summed E-state index contributed by atoms with van der Waals surface area (Å²) in [5, 5.41) is 9.18. The van der Waals surface area contributed by atoms with Gasteiger partial charge >= 0.3 is 0 Å². The van der Waals surface area contributed by atoms with E-state index in [1.165, 1.54) is 51.7 Å². The molecule has 0 amide bonds. The monoisotopic (exact) mass is 387 g/mol. The normalized spacial score (nSPS) is 18.4. The Labute approximate surface area is 169 Å². The maximum Gasteiger partial charge on any atom is 0.0462 e. The van der Waals surface area contributed by atoms with Crippen molar-refractivity contribution in [1.82, 2.24) is 15.3 Å². The van der Waals surface area contributed by atoms with Crippen molar-refractivity contribution in [3.05, 3.63) is 65.2 Å². The summed E-state index contributed by atoms with van der Waals surface area (Å²) < 4.78 is 0. The molecule has 1 saturated heterocycles. The Morgan fingerprint density at radius 1 is 1.11 bits per heavy atom. The summed E-state index contributed by atoms with van der Waals surface area (Å²) in [6.45, 7) is 4.63. The molecular weight excluding hydrogens is 362 g/mol. The van der Waals surface area contributed by atoms with Gasteiger partial charge in [0.1, 0.15) is 0 Å². The van der Waals surface area contributed by atoms with Crippen LogP contribution in [0.1, 0.15) is 31.4 Å². The standard InChI is InChI=1S/C24H25N3S/c1-16(17-5-4-9-25-12-17)24-23(21-6-2-3-7-22(21)27-24)20-11-19(13-26-14-20)18-8-10-28-15-18/h2-3,6-8,10-11,13-17,25,27H,4-5,9,12H2,1H3. The minimum absolute atomic E-state index is 0.472. The van der Waals surface area contributed by atoms with Crippen molar-refractivity contribution >= 4 is 22.2 Å². The van der Waals surface area contributed by atoms with Crippen LogP contribution >= 0.6 is 11.3 Å². The third-order valence-corrected chi connectivity index (χ3v) is 6.80. The van der Waals surface area contributed by atoms with E-state index >= 15 is 0 Å². The largest absolute Gasteiger partial charge is 0.358 e. The maximum atomic E-state index is 4.59. The van der Waals surface area contributed by atoms with Gasteiger partial charge in [-0.3, -0.25) is 4.98 Å². The number of rotatable bonds is 4. The second kappa shape index (κ2) is 7.53. The lowest BCUT2D eigenvalue weighted by atomic mass is 9.83. The molecular formula is C24H25N3S. The third kappa shape index (κ3) is 3.17. The van der Waals surface area contributed by atoms with Crippen LogP contribution in [0, 0.1) is 5.92 Å². The van der Waals surface area contributed by atoms with E-state index in [1.54, 1.807) is 11.3 Å². The number of benzene rings is 1. The van der Waals surface area contributed by atoms with Crippen LogP contribution in [0.3, 0.4) is 0 Å². The highest BCUT2D eigenvalue weighted by molar-refractivity contribution is 7.08. The molecule has 4 heterocycles. The van der Waals surface area contributed by atoms with Gasteiger partial charge in [0, 0.05) is 51.6 Å². The van der Waals surface area contributed by atoms with Crippen LogP contribution in [0.5, 0.6) is 0 Å². The summed E-state index contributed by atoms with van der Waals surface area (Å²) in [4.78, 5) is 8.36. The lowest BCUT2D eigenvalue weighted by Gasteiger charge is -2.28. The first-order valence-electron chi connectivity index (χ1n) is 10.1. The van der Waals surface area contributed by atoms with Crippen molar-refractivity contribution in [2.45, 2.75) is 25.7 Å². The molecule has 3 nitrogen and oxygen atoms in total. The fourth-order valence-corrected chi connectivity index (χ4v) is 5.18. The lowest BCUT2D eigenvalue weighted by molar-refractivity contribution is 0.332. The highest BCUT2D eigenvalue weighted by Gasteiger charge is 2.26. The van der Waals surface area contributed by atoms with Gasteiger partial charge in [0.2, 0.25) is 0 Å². The number of aromatic amines is 1. The summed E-state index contributed by atoms with van der Waals surface area (Å²) >= 11 is 1.73. The Kier molecular flexibility index (Phi) is 4.75. The number of H-pyrrole nitrogens is 1. The minimum atomic E-state index is 0.472. The van der Waals surface area contributed by atoms with Gasteiger partial charge in [-0.2, -0.15) is 11.3 Å². The van der Waals surface area contributed by atoms with Crippen LogP contribution in [-0.2, 0) is 0 Å². The molecule has 1 aromatic carbocycles. The molecule has 1 fully saturated rings. The van der Waals surface area contributed by atoms with E-state index in [0.717, 1.165) is 13.1 Å². The topological polar surface area (TPSA) is 40.7 Å². The molecule has 0 aliphatic carbocycles. The molecule has 4 aromatic rings. The van der Waals surface area contributed by atoms with E-state index < -0.39 is 0 Å². The molecule has 142 valence electrons. The Bertz CT molecular complexity index is 1070. The molecule has 0 spiro atoms. The molecule has 3 aromatic heterocycles. The van der Waals surface area contributed by atoms with E-state index in [2.05, 4.69) is 69.4 Å². The number of pyridine rings is 1. The summed E-state index contributed by atoms with van der Waals surface area (Å²) in [7, 11) is 0. The smallest absolute Gasteiger partial charge is 0.0462 e. The quantitative estimate of drug-likeness (QED) is 0.447. The van der Waals surface area contributed by atoms with Gasteiger partial charge in [-0.15, -0.1) is 0 Å². The molecule has 0 bridgehead atoms. The van der Waals surface area contributed by atoms with Crippen molar-refractivity contribution < 1.29 is 0 Å². The molecule has 2 unspecified atom stereocenters. The van der Waals surface area contributed by atoms with E-state index in [1.807, 2.05) is 12.4 Å². The first-order chi connectivity index (χ1) is 13.8. The van der Waals surface area contributed by atoms with E-state index in [4.69, 9.17) is 0 Å². The fraction of sp³-hybridized carbons (Fsp3) is 0.292. The van der Waals surface area contributed by atoms with Crippen molar-refractivity contribution in [3.63, 3.8) is 0 Å². The van der Waals surface area contributed by atoms with Crippen LogP contribution in [0.25, 0.3) is 33.2 Å². The molecule has 28 heavy (non-hydrogen) atoms. The van der Waals surface area contributed by atoms with Gasteiger partial charge in [-0.1, -0.05) is 25.1 Å². The number of hydrogen-bond donors (Lipinski definition) is 2. The van der Waals surface area contributed by atoms with Gasteiger partial charge in [-0.05, 0) is 66.4 Å². The number of nitrogens with one attached hydrogen (secondary N) is 2.